The number of anilines is 1. The molecule has 2 aromatic carbocycles. The number of rotatable bonds is 6. The third-order valence-electron chi connectivity index (χ3n) is 5.08. The van der Waals surface area contributed by atoms with Crippen molar-refractivity contribution in [3.63, 3.8) is 0 Å². The molecule has 1 N–H and O–H groups in total. The number of halogens is 1. The monoisotopic (exact) mass is 409 g/mol. The first kappa shape index (κ1) is 20.2. The zero-order chi connectivity index (χ0) is 20.9. The molecule has 0 atom stereocenters. The maximum atomic E-state index is 13.2. The van der Waals surface area contributed by atoms with Crippen molar-refractivity contribution in [3.05, 3.63) is 65.8 Å². The lowest BCUT2D eigenvalue weighted by Gasteiger charge is -2.33. The number of amides is 1. The van der Waals surface area contributed by atoms with E-state index in [4.69, 9.17) is 4.52 Å². The molecule has 0 unspecified atom stereocenters. The Morgan fingerprint density at radius 3 is 2.57 bits per heavy atom. The van der Waals surface area contributed by atoms with Gasteiger partial charge in [-0.15, -0.1) is 0 Å². The van der Waals surface area contributed by atoms with Gasteiger partial charge >= 0.3 is 0 Å². The number of hydrogen-bond acceptors (Lipinski definition) is 6. The molecule has 1 saturated heterocycles. The SMILES string of the molecule is Cc1ccc(-c2noc(CN3CCN(CC(=O)Nc4cccc(F)c4)CC3)n2)cc1. The van der Waals surface area contributed by atoms with Gasteiger partial charge in [0.1, 0.15) is 5.82 Å². The Bertz CT molecular complexity index is 997. The molecule has 7 nitrogen and oxygen atoms in total. The number of aromatic nitrogens is 2. The summed E-state index contributed by atoms with van der Waals surface area (Å²) in [6.07, 6.45) is 0. The summed E-state index contributed by atoms with van der Waals surface area (Å²) in [6.45, 7) is 6.02. The number of benzene rings is 2. The molecular formula is C22H24FN5O2. The fourth-order valence-corrected chi connectivity index (χ4v) is 3.41. The second-order valence-electron chi connectivity index (χ2n) is 7.49. The van der Waals surface area contributed by atoms with Crippen LogP contribution in [0.3, 0.4) is 0 Å². The van der Waals surface area contributed by atoms with Crippen molar-refractivity contribution < 1.29 is 13.7 Å². The van der Waals surface area contributed by atoms with Crippen molar-refractivity contribution in [2.45, 2.75) is 13.5 Å². The van der Waals surface area contributed by atoms with Gasteiger partial charge in [0.2, 0.25) is 17.6 Å². The highest BCUT2D eigenvalue weighted by atomic mass is 19.1. The topological polar surface area (TPSA) is 74.5 Å². The lowest BCUT2D eigenvalue weighted by molar-refractivity contribution is -0.117. The summed E-state index contributed by atoms with van der Waals surface area (Å²) in [7, 11) is 0. The van der Waals surface area contributed by atoms with Crippen LogP contribution in [0.25, 0.3) is 11.4 Å². The van der Waals surface area contributed by atoms with Crippen LogP contribution in [0.1, 0.15) is 11.5 Å². The molecule has 0 aliphatic carbocycles. The summed E-state index contributed by atoms with van der Waals surface area (Å²) >= 11 is 0. The molecule has 156 valence electrons. The van der Waals surface area contributed by atoms with Crippen LogP contribution in [0.4, 0.5) is 10.1 Å². The van der Waals surface area contributed by atoms with Gasteiger partial charge in [0.15, 0.2) is 0 Å². The van der Waals surface area contributed by atoms with Crippen molar-refractivity contribution in [2.75, 3.05) is 38.0 Å². The number of carbonyl (C=O) groups is 1. The van der Waals surface area contributed by atoms with E-state index >= 15 is 0 Å². The quantitative estimate of drug-likeness (QED) is 0.675. The van der Waals surface area contributed by atoms with Gasteiger partial charge in [0, 0.05) is 37.4 Å². The van der Waals surface area contributed by atoms with Crippen LogP contribution in [0.2, 0.25) is 0 Å². The zero-order valence-electron chi connectivity index (χ0n) is 16.8. The number of nitrogens with zero attached hydrogens (tertiary/aromatic N) is 4. The highest BCUT2D eigenvalue weighted by molar-refractivity contribution is 5.92. The molecule has 2 heterocycles. The Morgan fingerprint density at radius 1 is 1.10 bits per heavy atom. The maximum absolute atomic E-state index is 13.2. The van der Waals surface area contributed by atoms with E-state index in [0.717, 1.165) is 31.7 Å². The molecule has 8 heteroatoms. The Balaban J connectivity index is 1.24. The van der Waals surface area contributed by atoms with Gasteiger partial charge in [0.05, 0.1) is 13.1 Å². The van der Waals surface area contributed by atoms with E-state index in [9.17, 15) is 9.18 Å². The number of piperazine rings is 1. The third-order valence-corrected chi connectivity index (χ3v) is 5.08. The van der Waals surface area contributed by atoms with E-state index in [-0.39, 0.29) is 18.3 Å². The molecule has 0 saturated carbocycles. The summed E-state index contributed by atoms with van der Waals surface area (Å²) in [5.74, 6) is 0.669. The highest BCUT2D eigenvalue weighted by Gasteiger charge is 2.21. The first-order valence-electron chi connectivity index (χ1n) is 9.95. The predicted molar refractivity (Wildman–Crippen MR) is 111 cm³/mol. The fraction of sp³-hybridized carbons (Fsp3) is 0.318. The molecule has 1 aliphatic rings. The van der Waals surface area contributed by atoms with Crippen LogP contribution >= 0.6 is 0 Å². The second-order valence-corrected chi connectivity index (χ2v) is 7.49. The fourth-order valence-electron chi connectivity index (χ4n) is 3.41. The predicted octanol–water partition coefficient (Wildman–Crippen LogP) is 2.94. The molecule has 4 rings (SSSR count). The van der Waals surface area contributed by atoms with Crippen molar-refractivity contribution in [1.82, 2.24) is 19.9 Å². The van der Waals surface area contributed by atoms with E-state index < -0.39 is 0 Å². The number of aryl methyl sites for hydroxylation is 1. The Labute approximate surface area is 174 Å². The Hall–Kier alpha value is -3.10. The largest absolute Gasteiger partial charge is 0.338 e. The molecule has 1 aromatic heterocycles. The lowest BCUT2D eigenvalue weighted by atomic mass is 10.1. The van der Waals surface area contributed by atoms with Gasteiger partial charge in [0.25, 0.3) is 0 Å². The number of nitrogens with one attached hydrogen (secondary N) is 1. The van der Waals surface area contributed by atoms with E-state index in [1.807, 2.05) is 31.2 Å². The molecule has 0 spiro atoms. The number of hydrogen-bond donors (Lipinski definition) is 1. The van der Waals surface area contributed by atoms with Gasteiger partial charge in [-0.2, -0.15) is 4.98 Å². The standard InChI is InChI=1S/C22H24FN5O2/c1-16-5-7-17(8-6-16)22-25-21(30-26-22)15-28-11-9-27(10-12-28)14-20(29)24-19-4-2-3-18(23)13-19/h2-8,13H,9-12,14-15H2,1H3,(H,24,29). The van der Waals surface area contributed by atoms with Gasteiger partial charge in [-0.1, -0.05) is 41.1 Å². The van der Waals surface area contributed by atoms with E-state index in [0.29, 0.717) is 23.9 Å². The highest BCUT2D eigenvalue weighted by Crippen LogP contribution is 2.17. The third kappa shape index (κ3) is 5.28. The van der Waals surface area contributed by atoms with E-state index in [1.54, 1.807) is 12.1 Å². The summed E-state index contributed by atoms with van der Waals surface area (Å²) in [6, 6.07) is 13.9. The average Bonchev–Trinajstić information content (AvgIpc) is 3.18. The van der Waals surface area contributed by atoms with Gasteiger partial charge in [-0.05, 0) is 25.1 Å². The molecule has 3 aromatic rings. The second kappa shape index (κ2) is 9.15. The van der Waals surface area contributed by atoms with Crippen molar-refractivity contribution in [3.8, 4) is 11.4 Å². The van der Waals surface area contributed by atoms with Crippen molar-refractivity contribution >= 4 is 11.6 Å². The lowest BCUT2D eigenvalue weighted by Crippen LogP contribution is -2.48. The van der Waals surface area contributed by atoms with E-state index in [2.05, 4.69) is 25.3 Å². The minimum atomic E-state index is -0.368. The van der Waals surface area contributed by atoms with Gasteiger partial charge in [-0.3, -0.25) is 14.6 Å². The molecular weight excluding hydrogens is 385 g/mol. The van der Waals surface area contributed by atoms with Crippen LogP contribution < -0.4 is 5.32 Å². The smallest absolute Gasteiger partial charge is 0.241 e. The first-order valence-corrected chi connectivity index (χ1v) is 9.95. The number of carbonyl (C=O) groups excluding carboxylic acids is 1. The summed E-state index contributed by atoms with van der Waals surface area (Å²) in [4.78, 5) is 21.0. The normalized spacial score (nSPS) is 15.3. The van der Waals surface area contributed by atoms with Gasteiger partial charge < -0.3 is 9.84 Å². The molecule has 1 aliphatic heterocycles. The summed E-state index contributed by atoms with van der Waals surface area (Å²) in [5.41, 5.74) is 2.59. The van der Waals surface area contributed by atoms with Gasteiger partial charge in [-0.25, -0.2) is 4.39 Å². The first-order chi connectivity index (χ1) is 14.5. The minimum Gasteiger partial charge on any atom is -0.338 e. The van der Waals surface area contributed by atoms with Crippen molar-refractivity contribution in [2.24, 2.45) is 0 Å². The van der Waals surface area contributed by atoms with E-state index in [1.165, 1.54) is 17.7 Å². The molecule has 0 bridgehead atoms. The van der Waals surface area contributed by atoms with Crippen LogP contribution in [0, 0.1) is 12.7 Å². The summed E-state index contributed by atoms with van der Waals surface area (Å²) in [5, 5.41) is 6.81. The summed E-state index contributed by atoms with van der Waals surface area (Å²) < 4.78 is 18.6. The molecule has 0 radical (unpaired) electrons. The molecule has 30 heavy (non-hydrogen) atoms. The Morgan fingerprint density at radius 2 is 1.83 bits per heavy atom. The minimum absolute atomic E-state index is 0.145. The molecule has 1 fully saturated rings. The van der Waals surface area contributed by atoms with Crippen LogP contribution in [-0.2, 0) is 11.3 Å². The van der Waals surface area contributed by atoms with Crippen LogP contribution in [0.15, 0.2) is 53.1 Å². The zero-order valence-corrected chi connectivity index (χ0v) is 16.8. The Kier molecular flexibility index (Phi) is 6.15. The molecule has 1 amide bonds. The van der Waals surface area contributed by atoms with Crippen molar-refractivity contribution in [1.29, 1.82) is 0 Å². The van der Waals surface area contributed by atoms with Crippen LogP contribution in [-0.4, -0.2) is 58.6 Å². The average molecular weight is 409 g/mol. The maximum Gasteiger partial charge on any atom is 0.241 e. The van der Waals surface area contributed by atoms with Crippen LogP contribution in [0.5, 0.6) is 0 Å².